The maximum Gasteiger partial charge on any atom is 0.445 e. The summed E-state index contributed by atoms with van der Waals surface area (Å²) in [5, 5.41) is 6.90. The Labute approximate surface area is 166 Å². The molecular weight excluding hydrogens is 433 g/mol. The van der Waals surface area contributed by atoms with Gasteiger partial charge < -0.3 is 4.42 Å². The number of rotatable bonds is 6. The Morgan fingerprint density at radius 2 is 2.00 bits per heavy atom. The zero-order chi connectivity index (χ0) is 21.2. The van der Waals surface area contributed by atoms with Gasteiger partial charge in [0.05, 0.1) is 17.7 Å². The maximum absolute atomic E-state index is 12.6. The number of alkyl halides is 3. The van der Waals surface area contributed by atoms with Crippen LogP contribution < -0.4 is 10.0 Å². The summed E-state index contributed by atoms with van der Waals surface area (Å²) < 4.78 is 70.1. The number of nitrogens with one attached hydrogen (secondary N) is 2. The van der Waals surface area contributed by atoms with E-state index < -0.39 is 27.1 Å². The van der Waals surface area contributed by atoms with Crippen LogP contribution in [0.2, 0.25) is 0 Å². The topological polar surface area (TPSA) is 114 Å². The fourth-order valence-corrected chi connectivity index (χ4v) is 3.85. The highest BCUT2D eigenvalue weighted by molar-refractivity contribution is 7.89. The standard InChI is InChI=1S/C16H13F3N4O4S2/c1-9-4-5-11(29(25,26)20-8-10-3-2-6-27-10)7-12(9)13(24)21-15-23-22-14(28-15)16(17,18)19/h2-7,20H,8H2,1H3,(H,21,23,24). The van der Waals surface area contributed by atoms with E-state index in [4.69, 9.17) is 4.42 Å². The summed E-state index contributed by atoms with van der Waals surface area (Å²) >= 11 is 0.165. The predicted molar refractivity (Wildman–Crippen MR) is 96.8 cm³/mol. The molecule has 0 radical (unpaired) electrons. The molecule has 0 spiro atoms. The van der Waals surface area contributed by atoms with E-state index in [9.17, 15) is 26.4 Å². The minimum absolute atomic E-state index is 0.0327. The van der Waals surface area contributed by atoms with Gasteiger partial charge >= 0.3 is 6.18 Å². The molecule has 2 N–H and O–H groups in total. The van der Waals surface area contributed by atoms with Crippen molar-refractivity contribution in [2.24, 2.45) is 0 Å². The van der Waals surface area contributed by atoms with Gasteiger partial charge in [-0.1, -0.05) is 17.4 Å². The highest BCUT2D eigenvalue weighted by Gasteiger charge is 2.36. The highest BCUT2D eigenvalue weighted by atomic mass is 32.2. The number of sulfonamides is 1. The second-order valence-corrected chi connectivity index (χ2v) is 8.49. The van der Waals surface area contributed by atoms with Gasteiger partial charge in [-0.25, -0.2) is 13.1 Å². The van der Waals surface area contributed by atoms with Crippen LogP contribution in [0.5, 0.6) is 0 Å². The van der Waals surface area contributed by atoms with Gasteiger partial charge in [-0.3, -0.25) is 10.1 Å². The summed E-state index contributed by atoms with van der Waals surface area (Å²) in [7, 11) is -3.96. The van der Waals surface area contributed by atoms with Crippen LogP contribution in [0.15, 0.2) is 45.9 Å². The number of carbonyl (C=O) groups excluding carboxylic acids is 1. The molecule has 0 aliphatic rings. The van der Waals surface area contributed by atoms with E-state index in [1.54, 1.807) is 19.1 Å². The van der Waals surface area contributed by atoms with Crippen LogP contribution in [0.1, 0.15) is 26.7 Å². The summed E-state index contributed by atoms with van der Waals surface area (Å²) in [6, 6.07) is 7.05. The lowest BCUT2D eigenvalue weighted by Crippen LogP contribution is -2.24. The number of furan rings is 1. The number of aromatic nitrogens is 2. The molecule has 1 amide bonds. The first-order valence-corrected chi connectivity index (χ1v) is 10.2. The molecule has 154 valence electrons. The van der Waals surface area contributed by atoms with Crippen LogP contribution in [0.3, 0.4) is 0 Å². The van der Waals surface area contributed by atoms with Crippen LogP contribution in [0.25, 0.3) is 0 Å². The van der Waals surface area contributed by atoms with Crippen molar-refractivity contribution in [1.82, 2.24) is 14.9 Å². The molecule has 3 aromatic rings. The zero-order valence-electron chi connectivity index (χ0n) is 14.6. The molecule has 2 heterocycles. The molecule has 29 heavy (non-hydrogen) atoms. The SMILES string of the molecule is Cc1ccc(S(=O)(=O)NCc2ccco2)cc1C(=O)Nc1nnc(C(F)(F)F)s1. The molecule has 3 rings (SSSR count). The first kappa shape index (κ1) is 21.0. The van der Waals surface area contributed by atoms with Gasteiger partial charge in [0.15, 0.2) is 0 Å². The summed E-state index contributed by atoms with van der Waals surface area (Å²) in [4.78, 5) is 12.2. The minimum Gasteiger partial charge on any atom is -0.468 e. The van der Waals surface area contributed by atoms with Crippen molar-refractivity contribution in [3.63, 3.8) is 0 Å². The average molecular weight is 446 g/mol. The molecule has 0 atom stereocenters. The number of nitrogens with zero attached hydrogens (tertiary/aromatic N) is 2. The monoisotopic (exact) mass is 446 g/mol. The molecular formula is C16H13F3N4O4S2. The molecule has 0 aliphatic carbocycles. The van der Waals surface area contributed by atoms with Crippen molar-refractivity contribution in [1.29, 1.82) is 0 Å². The predicted octanol–water partition coefficient (Wildman–Crippen LogP) is 3.19. The number of aryl methyl sites for hydroxylation is 1. The molecule has 0 aliphatic heterocycles. The van der Waals surface area contributed by atoms with E-state index in [0.717, 1.165) is 6.07 Å². The van der Waals surface area contributed by atoms with E-state index in [1.165, 1.54) is 18.4 Å². The van der Waals surface area contributed by atoms with Crippen LogP contribution in [-0.2, 0) is 22.7 Å². The number of anilines is 1. The Kier molecular flexibility index (Phi) is 5.73. The first-order chi connectivity index (χ1) is 13.6. The van der Waals surface area contributed by atoms with Gasteiger partial charge in [0, 0.05) is 5.56 Å². The first-order valence-electron chi connectivity index (χ1n) is 7.91. The third-order valence-corrected chi connectivity index (χ3v) is 5.95. The van der Waals surface area contributed by atoms with Crippen LogP contribution in [-0.4, -0.2) is 24.5 Å². The molecule has 0 saturated carbocycles. The number of carbonyl (C=O) groups is 1. The van der Waals surface area contributed by atoms with Gasteiger partial charge in [-0.15, -0.1) is 10.2 Å². The van der Waals surface area contributed by atoms with Crippen LogP contribution >= 0.6 is 11.3 Å². The van der Waals surface area contributed by atoms with Gasteiger partial charge in [0.25, 0.3) is 5.91 Å². The van der Waals surface area contributed by atoms with Crippen molar-refractivity contribution in [3.05, 3.63) is 58.5 Å². The van der Waals surface area contributed by atoms with Crippen molar-refractivity contribution in [3.8, 4) is 0 Å². The summed E-state index contributed by atoms with van der Waals surface area (Å²) in [6.07, 6.45) is -3.28. The van der Waals surface area contributed by atoms with Crippen LogP contribution in [0, 0.1) is 6.92 Å². The van der Waals surface area contributed by atoms with Gasteiger partial charge in [-0.2, -0.15) is 13.2 Å². The van der Waals surface area contributed by atoms with E-state index in [1.807, 2.05) is 0 Å². The number of amides is 1. The normalized spacial score (nSPS) is 12.1. The van der Waals surface area contributed by atoms with Crippen molar-refractivity contribution < 1.29 is 30.8 Å². The molecule has 0 unspecified atom stereocenters. The van der Waals surface area contributed by atoms with Crippen LogP contribution in [0.4, 0.5) is 18.3 Å². The van der Waals surface area contributed by atoms with Gasteiger partial charge in [0.2, 0.25) is 20.2 Å². The second-order valence-electron chi connectivity index (χ2n) is 5.74. The smallest absolute Gasteiger partial charge is 0.445 e. The molecule has 1 aromatic carbocycles. The number of hydrogen-bond acceptors (Lipinski definition) is 7. The molecule has 0 saturated heterocycles. The minimum atomic E-state index is -4.68. The highest BCUT2D eigenvalue weighted by Crippen LogP contribution is 2.33. The molecule has 13 heteroatoms. The van der Waals surface area contributed by atoms with Crippen molar-refractivity contribution in [2.75, 3.05) is 5.32 Å². The largest absolute Gasteiger partial charge is 0.468 e. The Morgan fingerprint density at radius 1 is 1.24 bits per heavy atom. The van der Waals surface area contributed by atoms with E-state index in [-0.39, 0.29) is 33.5 Å². The lowest BCUT2D eigenvalue weighted by Gasteiger charge is -2.10. The third-order valence-electron chi connectivity index (χ3n) is 3.67. The molecule has 2 aromatic heterocycles. The number of benzene rings is 1. The lowest BCUT2D eigenvalue weighted by atomic mass is 10.1. The fourth-order valence-electron chi connectivity index (χ4n) is 2.23. The Morgan fingerprint density at radius 3 is 2.62 bits per heavy atom. The van der Waals surface area contributed by atoms with Gasteiger partial charge in [-0.05, 0) is 36.8 Å². The molecule has 0 bridgehead atoms. The summed E-state index contributed by atoms with van der Waals surface area (Å²) in [5.74, 6) is -0.411. The van der Waals surface area contributed by atoms with Crippen molar-refractivity contribution in [2.45, 2.75) is 24.5 Å². The Hall–Kier alpha value is -2.77. The van der Waals surface area contributed by atoms with Gasteiger partial charge in [0.1, 0.15) is 5.76 Å². The molecule has 0 fully saturated rings. The van der Waals surface area contributed by atoms with E-state index >= 15 is 0 Å². The Bertz CT molecular complexity index is 1130. The second kappa shape index (κ2) is 7.93. The lowest BCUT2D eigenvalue weighted by molar-refractivity contribution is -0.138. The van der Waals surface area contributed by atoms with E-state index in [0.29, 0.717) is 11.3 Å². The van der Waals surface area contributed by atoms with Crippen molar-refractivity contribution >= 4 is 32.4 Å². The summed E-state index contributed by atoms with van der Waals surface area (Å²) in [5.41, 5.74) is 0.391. The summed E-state index contributed by atoms with van der Waals surface area (Å²) in [6.45, 7) is 1.47. The number of hydrogen-bond donors (Lipinski definition) is 2. The zero-order valence-corrected chi connectivity index (χ0v) is 16.3. The molecule has 8 nitrogen and oxygen atoms in total. The maximum atomic E-state index is 12.6. The Balaban J connectivity index is 1.79. The quantitative estimate of drug-likeness (QED) is 0.601. The third kappa shape index (κ3) is 4.99. The fraction of sp³-hybridized carbons (Fsp3) is 0.188. The number of halogens is 3. The van der Waals surface area contributed by atoms with E-state index in [2.05, 4.69) is 20.2 Å². The average Bonchev–Trinajstić information content (AvgIpc) is 3.31.